The summed E-state index contributed by atoms with van der Waals surface area (Å²) in [4.78, 5) is 21.9. The Morgan fingerprint density at radius 3 is 2.57 bits per heavy atom. The van der Waals surface area contributed by atoms with Crippen LogP contribution in [0.3, 0.4) is 0 Å². The molecule has 1 heterocycles. The van der Waals surface area contributed by atoms with E-state index in [0.717, 1.165) is 11.8 Å². The number of primary amides is 1. The van der Waals surface area contributed by atoms with Crippen molar-refractivity contribution < 1.29 is 23.8 Å². The van der Waals surface area contributed by atoms with Crippen LogP contribution in [0.15, 0.2) is 30.3 Å². The summed E-state index contributed by atoms with van der Waals surface area (Å²) in [6.45, 7) is 0.791. The quantitative estimate of drug-likeness (QED) is 0.720. The van der Waals surface area contributed by atoms with Crippen LogP contribution in [0.4, 0.5) is 4.79 Å². The van der Waals surface area contributed by atoms with Crippen LogP contribution in [-0.2, 0) is 19.0 Å². The van der Waals surface area contributed by atoms with Gasteiger partial charge in [0, 0.05) is 12.3 Å². The Kier molecular flexibility index (Phi) is 6.09. The van der Waals surface area contributed by atoms with Gasteiger partial charge in [0.05, 0.1) is 13.2 Å². The summed E-state index contributed by atoms with van der Waals surface area (Å²) >= 11 is 0. The van der Waals surface area contributed by atoms with Crippen molar-refractivity contribution in [1.29, 1.82) is 0 Å². The molecule has 1 aromatic rings. The highest BCUT2D eigenvalue weighted by atomic mass is 16.7. The van der Waals surface area contributed by atoms with E-state index >= 15 is 0 Å². The predicted molar refractivity (Wildman–Crippen MR) is 82.9 cm³/mol. The average Bonchev–Trinajstić information content (AvgIpc) is 2.59. The maximum atomic E-state index is 11.0. The predicted octanol–water partition coefficient (Wildman–Crippen LogP) is 0.786. The van der Waals surface area contributed by atoms with Gasteiger partial charge in [-0.3, -0.25) is 0 Å². The largest absolute Gasteiger partial charge is 0.448 e. The van der Waals surface area contributed by atoms with E-state index in [1.807, 2.05) is 30.3 Å². The zero-order valence-electron chi connectivity index (χ0n) is 13.1. The number of hydrogen-bond acceptors (Lipinski definition) is 6. The number of rotatable bonds is 7. The highest BCUT2D eigenvalue weighted by Crippen LogP contribution is 2.28. The molecule has 1 saturated heterocycles. The van der Waals surface area contributed by atoms with E-state index in [4.69, 9.17) is 19.9 Å². The molecule has 126 valence electrons. The summed E-state index contributed by atoms with van der Waals surface area (Å²) in [7, 11) is 1.66. The third-order valence-corrected chi connectivity index (χ3v) is 4.04. The standard InChI is InChI=1S/C16H22N2O5/c1-18-16(7-8-19,11-23-15(17)20)14-21-9-13(10-22-14)12-5-3-2-4-6-12/h2-6,8,13-14,18H,7,9-11H2,1H3,(H2,17,20). The Labute approximate surface area is 135 Å². The number of carbonyl (C=O) groups excluding carboxylic acids is 2. The summed E-state index contributed by atoms with van der Waals surface area (Å²) in [6, 6.07) is 9.92. The molecule has 1 aliphatic rings. The third-order valence-electron chi connectivity index (χ3n) is 4.04. The van der Waals surface area contributed by atoms with Crippen molar-refractivity contribution in [3.05, 3.63) is 35.9 Å². The van der Waals surface area contributed by atoms with Crippen LogP contribution in [0.1, 0.15) is 17.9 Å². The summed E-state index contributed by atoms with van der Waals surface area (Å²) in [6.07, 6.45) is -0.820. The summed E-state index contributed by atoms with van der Waals surface area (Å²) in [5, 5.41) is 2.98. The third kappa shape index (κ3) is 4.28. The maximum absolute atomic E-state index is 11.0. The lowest BCUT2D eigenvalue weighted by Gasteiger charge is -2.41. The van der Waals surface area contributed by atoms with E-state index in [-0.39, 0.29) is 18.9 Å². The first-order chi connectivity index (χ1) is 11.1. The van der Waals surface area contributed by atoms with Gasteiger partial charge in [0.15, 0.2) is 6.29 Å². The molecule has 0 aromatic heterocycles. The average molecular weight is 322 g/mol. The van der Waals surface area contributed by atoms with E-state index in [1.54, 1.807) is 7.05 Å². The number of hydrogen-bond donors (Lipinski definition) is 2. The smallest absolute Gasteiger partial charge is 0.404 e. The number of aldehydes is 1. The van der Waals surface area contributed by atoms with Crippen molar-refractivity contribution in [2.75, 3.05) is 26.9 Å². The number of nitrogens with one attached hydrogen (secondary N) is 1. The fourth-order valence-electron chi connectivity index (χ4n) is 2.60. The molecule has 7 nitrogen and oxygen atoms in total. The first-order valence-corrected chi connectivity index (χ1v) is 7.44. The van der Waals surface area contributed by atoms with Crippen LogP contribution in [0.25, 0.3) is 0 Å². The van der Waals surface area contributed by atoms with Crippen molar-refractivity contribution in [3.8, 4) is 0 Å². The van der Waals surface area contributed by atoms with Gasteiger partial charge in [0.2, 0.25) is 0 Å². The van der Waals surface area contributed by atoms with E-state index < -0.39 is 17.9 Å². The zero-order chi connectivity index (χ0) is 16.7. The zero-order valence-corrected chi connectivity index (χ0v) is 13.1. The molecule has 1 aromatic carbocycles. The highest BCUT2D eigenvalue weighted by molar-refractivity contribution is 5.64. The second kappa shape index (κ2) is 8.05. The fraction of sp³-hybridized carbons (Fsp3) is 0.500. The Morgan fingerprint density at radius 1 is 1.39 bits per heavy atom. The summed E-state index contributed by atoms with van der Waals surface area (Å²) < 4.78 is 16.5. The molecule has 1 aliphatic heterocycles. The van der Waals surface area contributed by atoms with Crippen LogP contribution in [0, 0.1) is 0 Å². The minimum Gasteiger partial charge on any atom is -0.448 e. The molecular weight excluding hydrogens is 300 g/mol. The monoisotopic (exact) mass is 322 g/mol. The first-order valence-electron chi connectivity index (χ1n) is 7.44. The van der Waals surface area contributed by atoms with Gasteiger partial charge in [-0.2, -0.15) is 0 Å². The van der Waals surface area contributed by atoms with Gasteiger partial charge in [0.25, 0.3) is 0 Å². The molecule has 1 fully saturated rings. The molecule has 0 spiro atoms. The van der Waals surface area contributed by atoms with Crippen molar-refractivity contribution >= 4 is 12.4 Å². The molecule has 1 unspecified atom stereocenters. The number of ether oxygens (including phenoxy) is 3. The molecule has 7 heteroatoms. The number of amides is 1. The van der Waals surface area contributed by atoms with Gasteiger partial charge < -0.3 is 30.1 Å². The molecule has 1 amide bonds. The van der Waals surface area contributed by atoms with Crippen LogP contribution in [0.2, 0.25) is 0 Å². The Balaban J connectivity index is 2.04. The topological polar surface area (TPSA) is 99.9 Å². The second-order valence-electron chi connectivity index (χ2n) is 5.49. The van der Waals surface area contributed by atoms with Gasteiger partial charge in [-0.1, -0.05) is 30.3 Å². The van der Waals surface area contributed by atoms with Gasteiger partial charge in [-0.05, 0) is 12.6 Å². The molecular formula is C16H22N2O5. The van der Waals surface area contributed by atoms with Crippen molar-refractivity contribution in [3.63, 3.8) is 0 Å². The van der Waals surface area contributed by atoms with Gasteiger partial charge >= 0.3 is 6.09 Å². The van der Waals surface area contributed by atoms with E-state index in [1.165, 1.54) is 0 Å². The lowest BCUT2D eigenvalue weighted by Crippen LogP contribution is -2.60. The normalized spacial score (nSPS) is 23.7. The van der Waals surface area contributed by atoms with Crippen molar-refractivity contribution in [2.45, 2.75) is 24.2 Å². The molecule has 0 saturated carbocycles. The fourth-order valence-corrected chi connectivity index (χ4v) is 2.60. The maximum Gasteiger partial charge on any atom is 0.404 e. The van der Waals surface area contributed by atoms with Crippen LogP contribution in [-0.4, -0.2) is 51.1 Å². The summed E-state index contributed by atoms with van der Waals surface area (Å²) in [5.41, 5.74) is 5.19. The number of carbonyl (C=O) groups is 2. The van der Waals surface area contributed by atoms with Crippen LogP contribution in [0.5, 0.6) is 0 Å². The Hall–Kier alpha value is -1.96. The van der Waals surface area contributed by atoms with E-state index in [0.29, 0.717) is 13.2 Å². The summed E-state index contributed by atoms with van der Waals surface area (Å²) in [5.74, 6) is 0.121. The van der Waals surface area contributed by atoms with Crippen molar-refractivity contribution in [2.24, 2.45) is 5.73 Å². The van der Waals surface area contributed by atoms with Crippen LogP contribution >= 0.6 is 0 Å². The number of likely N-dealkylation sites (N-methyl/N-ethyl adjacent to an activating group) is 1. The molecule has 0 aliphatic carbocycles. The molecule has 1 atom stereocenters. The second-order valence-corrected chi connectivity index (χ2v) is 5.49. The molecule has 2 rings (SSSR count). The Bertz CT molecular complexity index is 516. The molecule has 0 bridgehead atoms. The minimum absolute atomic E-state index is 0.0669. The minimum atomic E-state index is -0.960. The number of benzene rings is 1. The van der Waals surface area contributed by atoms with E-state index in [9.17, 15) is 9.59 Å². The molecule has 0 radical (unpaired) electrons. The SMILES string of the molecule is CNC(CC=O)(COC(N)=O)C1OCC(c2ccccc2)CO1. The lowest BCUT2D eigenvalue weighted by molar-refractivity contribution is -0.230. The van der Waals surface area contributed by atoms with Crippen LogP contribution < -0.4 is 11.1 Å². The van der Waals surface area contributed by atoms with Gasteiger partial charge in [0.1, 0.15) is 18.4 Å². The lowest BCUT2D eigenvalue weighted by atomic mass is 9.94. The van der Waals surface area contributed by atoms with Crippen molar-refractivity contribution in [1.82, 2.24) is 5.32 Å². The van der Waals surface area contributed by atoms with E-state index in [2.05, 4.69) is 5.32 Å². The first kappa shape index (κ1) is 17.4. The van der Waals surface area contributed by atoms with Gasteiger partial charge in [-0.15, -0.1) is 0 Å². The Morgan fingerprint density at radius 2 is 2.04 bits per heavy atom. The number of nitrogens with two attached hydrogens (primary N) is 1. The molecule has 3 N–H and O–H groups in total. The molecule has 23 heavy (non-hydrogen) atoms. The van der Waals surface area contributed by atoms with Gasteiger partial charge in [-0.25, -0.2) is 4.79 Å². The highest BCUT2D eigenvalue weighted by Gasteiger charge is 2.43.